The fourth-order valence-corrected chi connectivity index (χ4v) is 2.04. The molecule has 1 aromatic heterocycles. The van der Waals surface area contributed by atoms with Crippen LogP contribution in [0.25, 0.3) is 0 Å². The molecule has 0 spiro atoms. The molecular weight excluding hydrogens is 226 g/mol. The summed E-state index contributed by atoms with van der Waals surface area (Å²) in [5.74, 6) is -0.973. The van der Waals surface area contributed by atoms with E-state index in [0.717, 1.165) is 11.3 Å². The summed E-state index contributed by atoms with van der Waals surface area (Å²) in [6.07, 6.45) is 1.66. The molecule has 5 heteroatoms. The molecule has 0 aliphatic rings. The maximum absolute atomic E-state index is 11.3. The van der Waals surface area contributed by atoms with Gasteiger partial charge in [-0.1, -0.05) is 29.5 Å². The van der Waals surface area contributed by atoms with Crippen molar-refractivity contribution >= 4 is 17.3 Å². The Kier molecular flexibility index (Phi) is 2.87. The predicted molar refractivity (Wildman–Crippen MR) is 61.1 cm³/mol. The van der Waals surface area contributed by atoms with Crippen molar-refractivity contribution in [3.05, 3.63) is 56.6 Å². The van der Waals surface area contributed by atoms with Crippen LogP contribution in [0.5, 0.6) is 0 Å². The molecule has 0 unspecified atom stereocenters. The Morgan fingerprint density at radius 1 is 1.38 bits per heavy atom. The van der Waals surface area contributed by atoms with E-state index < -0.39 is 5.97 Å². The van der Waals surface area contributed by atoms with Gasteiger partial charge in [0.1, 0.15) is 0 Å². The number of aromatic nitrogens is 1. The molecule has 4 nitrogen and oxygen atoms in total. The van der Waals surface area contributed by atoms with Crippen molar-refractivity contribution in [2.75, 3.05) is 0 Å². The highest BCUT2D eigenvalue weighted by molar-refractivity contribution is 7.07. The lowest BCUT2D eigenvalue weighted by Gasteiger charge is -2.05. The number of thiazole rings is 1. The minimum absolute atomic E-state index is 0.0832. The van der Waals surface area contributed by atoms with Gasteiger partial charge >= 0.3 is 10.8 Å². The van der Waals surface area contributed by atoms with E-state index in [2.05, 4.69) is 0 Å². The molecule has 1 N–H and O–H groups in total. The third-order valence-electron chi connectivity index (χ3n) is 2.23. The quantitative estimate of drug-likeness (QED) is 0.880. The summed E-state index contributed by atoms with van der Waals surface area (Å²) in [4.78, 5) is 22.2. The van der Waals surface area contributed by atoms with Crippen molar-refractivity contribution in [2.24, 2.45) is 0 Å². The van der Waals surface area contributed by atoms with E-state index >= 15 is 0 Å². The highest BCUT2D eigenvalue weighted by Crippen LogP contribution is 2.10. The minimum Gasteiger partial charge on any atom is -0.478 e. The van der Waals surface area contributed by atoms with Gasteiger partial charge in [0.2, 0.25) is 0 Å². The second-order valence-electron chi connectivity index (χ2n) is 3.26. The highest BCUT2D eigenvalue weighted by atomic mass is 32.1. The van der Waals surface area contributed by atoms with E-state index in [-0.39, 0.29) is 10.4 Å². The van der Waals surface area contributed by atoms with Crippen molar-refractivity contribution in [3.63, 3.8) is 0 Å². The third-order valence-corrected chi connectivity index (χ3v) is 2.93. The van der Waals surface area contributed by atoms with Crippen molar-refractivity contribution in [1.29, 1.82) is 0 Å². The van der Waals surface area contributed by atoms with Crippen molar-refractivity contribution < 1.29 is 9.90 Å². The molecule has 0 aliphatic heterocycles. The first kappa shape index (κ1) is 10.6. The molecule has 1 heterocycles. The maximum atomic E-state index is 11.3. The number of benzene rings is 1. The Bertz CT molecular complexity index is 570. The Labute approximate surface area is 95.4 Å². The first-order chi connectivity index (χ1) is 7.68. The second kappa shape index (κ2) is 4.32. The van der Waals surface area contributed by atoms with Crippen LogP contribution >= 0.6 is 11.3 Å². The summed E-state index contributed by atoms with van der Waals surface area (Å²) in [6.45, 7) is 0.296. The average molecular weight is 235 g/mol. The predicted octanol–water partition coefficient (Wildman–Crippen LogP) is 1.66. The zero-order valence-corrected chi connectivity index (χ0v) is 9.11. The molecule has 0 saturated heterocycles. The summed E-state index contributed by atoms with van der Waals surface area (Å²) in [6, 6.07) is 6.69. The summed E-state index contributed by atoms with van der Waals surface area (Å²) in [5, 5.41) is 10.7. The molecule has 0 radical (unpaired) electrons. The zero-order valence-electron chi connectivity index (χ0n) is 8.29. The standard InChI is InChI=1S/C11H9NO3S/c13-10(14)9-4-2-1-3-8(9)7-12-5-6-16-11(12)15/h1-6H,7H2,(H,13,14). The fourth-order valence-electron chi connectivity index (χ4n) is 1.46. The Morgan fingerprint density at radius 3 is 2.75 bits per heavy atom. The van der Waals surface area contributed by atoms with Gasteiger partial charge in [-0.25, -0.2) is 4.79 Å². The Balaban J connectivity index is 2.39. The lowest BCUT2D eigenvalue weighted by Crippen LogP contribution is -2.14. The van der Waals surface area contributed by atoms with E-state index in [0.29, 0.717) is 12.1 Å². The van der Waals surface area contributed by atoms with Gasteiger partial charge in [-0.3, -0.25) is 4.79 Å². The van der Waals surface area contributed by atoms with Gasteiger partial charge in [0.25, 0.3) is 0 Å². The molecule has 82 valence electrons. The van der Waals surface area contributed by atoms with Crippen LogP contribution in [0.1, 0.15) is 15.9 Å². The van der Waals surface area contributed by atoms with Gasteiger partial charge < -0.3 is 9.67 Å². The number of carboxylic acid groups (broad SMARTS) is 1. The third kappa shape index (κ3) is 2.04. The highest BCUT2D eigenvalue weighted by Gasteiger charge is 2.09. The molecule has 0 saturated carbocycles. The van der Waals surface area contributed by atoms with E-state index in [1.54, 1.807) is 29.8 Å². The number of rotatable bonds is 3. The molecule has 0 bridgehead atoms. The molecule has 2 rings (SSSR count). The average Bonchev–Trinajstić information content (AvgIpc) is 2.65. The summed E-state index contributed by atoms with van der Waals surface area (Å²) >= 11 is 1.10. The molecule has 0 amide bonds. The smallest absolute Gasteiger partial charge is 0.336 e. The molecular formula is C11H9NO3S. The van der Waals surface area contributed by atoms with Gasteiger partial charge in [0, 0.05) is 11.6 Å². The minimum atomic E-state index is -0.973. The number of carboxylic acids is 1. The molecule has 0 fully saturated rings. The van der Waals surface area contributed by atoms with Gasteiger partial charge in [-0.15, -0.1) is 0 Å². The normalized spacial score (nSPS) is 10.2. The van der Waals surface area contributed by atoms with Crippen LogP contribution in [0.4, 0.5) is 0 Å². The van der Waals surface area contributed by atoms with E-state index in [1.165, 1.54) is 10.6 Å². The molecule has 0 atom stereocenters. The fraction of sp³-hybridized carbons (Fsp3) is 0.0909. The van der Waals surface area contributed by atoms with Crippen LogP contribution in [0.3, 0.4) is 0 Å². The van der Waals surface area contributed by atoms with Crippen molar-refractivity contribution in [3.8, 4) is 0 Å². The van der Waals surface area contributed by atoms with Crippen LogP contribution in [-0.4, -0.2) is 15.6 Å². The molecule has 0 aliphatic carbocycles. The number of nitrogens with zero attached hydrogens (tertiary/aromatic N) is 1. The summed E-state index contributed by atoms with van der Waals surface area (Å²) < 4.78 is 1.49. The van der Waals surface area contributed by atoms with Crippen LogP contribution in [0.2, 0.25) is 0 Å². The van der Waals surface area contributed by atoms with Crippen molar-refractivity contribution in [1.82, 2.24) is 4.57 Å². The van der Waals surface area contributed by atoms with Crippen molar-refractivity contribution in [2.45, 2.75) is 6.54 Å². The number of hydrogen-bond donors (Lipinski definition) is 1. The largest absolute Gasteiger partial charge is 0.478 e. The van der Waals surface area contributed by atoms with Crippen LogP contribution in [0.15, 0.2) is 40.6 Å². The number of aromatic carboxylic acids is 1. The van der Waals surface area contributed by atoms with Gasteiger partial charge in [-0.05, 0) is 11.6 Å². The van der Waals surface area contributed by atoms with E-state index in [9.17, 15) is 9.59 Å². The Hall–Kier alpha value is -1.88. The van der Waals surface area contributed by atoms with Gasteiger partial charge in [0.05, 0.1) is 12.1 Å². The zero-order chi connectivity index (χ0) is 11.5. The Morgan fingerprint density at radius 2 is 2.12 bits per heavy atom. The van der Waals surface area contributed by atoms with Gasteiger partial charge in [0.15, 0.2) is 0 Å². The first-order valence-corrected chi connectivity index (χ1v) is 5.51. The second-order valence-corrected chi connectivity index (χ2v) is 4.12. The van der Waals surface area contributed by atoms with Gasteiger partial charge in [-0.2, -0.15) is 0 Å². The lowest BCUT2D eigenvalue weighted by atomic mass is 10.1. The SMILES string of the molecule is O=C(O)c1ccccc1Cn1ccsc1=O. The van der Waals surface area contributed by atoms with Crippen LogP contribution in [0, 0.1) is 0 Å². The molecule has 1 aromatic carbocycles. The van der Waals surface area contributed by atoms with Crippen LogP contribution in [-0.2, 0) is 6.54 Å². The molecule has 16 heavy (non-hydrogen) atoms. The lowest BCUT2D eigenvalue weighted by molar-refractivity contribution is 0.0695. The summed E-state index contributed by atoms with van der Waals surface area (Å²) in [5.41, 5.74) is 0.871. The van der Waals surface area contributed by atoms with E-state index in [1.807, 2.05) is 0 Å². The van der Waals surface area contributed by atoms with E-state index in [4.69, 9.17) is 5.11 Å². The number of carbonyl (C=O) groups is 1. The maximum Gasteiger partial charge on any atom is 0.336 e. The van der Waals surface area contributed by atoms with Crippen LogP contribution < -0.4 is 4.87 Å². The first-order valence-electron chi connectivity index (χ1n) is 4.63. The molecule has 2 aromatic rings. The monoisotopic (exact) mass is 235 g/mol. The summed E-state index contributed by atoms with van der Waals surface area (Å²) in [7, 11) is 0. The topological polar surface area (TPSA) is 59.3 Å². The number of hydrogen-bond acceptors (Lipinski definition) is 3.